The van der Waals surface area contributed by atoms with Gasteiger partial charge in [0.1, 0.15) is 17.4 Å². The molecule has 0 saturated heterocycles. The summed E-state index contributed by atoms with van der Waals surface area (Å²) >= 11 is 0. The van der Waals surface area contributed by atoms with Gasteiger partial charge in [-0.15, -0.1) is 0 Å². The summed E-state index contributed by atoms with van der Waals surface area (Å²) in [6.45, 7) is 2.84. The standard InChI is InChI=1S/C24H20N2O4/c1-2-28-21-10-8-17-5-3-4-6-19(17)20(21)12-18(13-25)24(27)26-14-16-7-9-22-23(11-16)30-15-29-22/h3-12H,2,14-15H2,1H3,(H,26,27)/b18-12+. The Bertz CT molecular complexity index is 1180. The summed E-state index contributed by atoms with van der Waals surface area (Å²) < 4.78 is 16.4. The predicted molar refractivity (Wildman–Crippen MR) is 113 cm³/mol. The number of hydrogen-bond acceptors (Lipinski definition) is 5. The van der Waals surface area contributed by atoms with Crippen LogP contribution in [0.25, 0.3) is 16.8 Å². The molecule has 1 amide bonds. The van der Waals surface area contributed by atoms with Crippen LogP contribution in [0, 0.1) is 11.3 Å². The van der Waals surface area contributed by atoms with E-state index in [0.717, 1.165) is 16.3 Å². The van der Waals surface area contributed by atoms with Crippen LogP contribution in [0.4, 0.5) is 0 Å². The molecule has 0 atom stereocenters. The average molecular weight is 400 g/mol. The lowest BCUT2D eigenvalue weighted by Gasteiger charge is -2.11. The average Bonchev–Trinajstić information content (AvgIpc) is 3.25. The highest BCUT2D eigenvalue weighted by atomic mass is 16.7. The Labute approximate surface area is 174 Å². The van der Waals surface area contributed by atoms with Crippen LogP contribution in [0.5, 0.6) is 17.2 Å². The number of nitrogens with zero attached hydrogens (tertiary/aromatic N) is 1. The second kappa shape index (κ2) is 8.58. The maximum atomic E-state index is 12.7. The number of ether oxygens (including phenoxy) is 3. The molecule has 1 aliphatic rings. The maximum absolute atomic E-state index is 12.7. The summed E-state index contributed by atoms with van der Waals surface area (Å²) in [6, 6.07) is 19.1. The quantitative estimate of drug-likeness (QED) is 0.496. The van der Waals surface area contributed by atoms with Crippen LogP contribution >= 0.6 is 0 Å². The summed E-state index contributed by atoms with van der Waals surface area (Å²) in [7, 11) is 0. The third-order valence-corrected chi connectivity index (χ3v) is 4.77. The van der Waals surface area contributed by atoms with E-state index < -0.39 is 5.91 Å². The highest BCUT2D eigenvalue weighted by Crippen LogP contribution is 2.33. The zero-order valence-electron chi connectivity index (χ0n) is 16.5. The first kappa shape index (κ1) is 19.3. The predicted octanol–water partition coefficient (Wildman–Crippen LogP) is 4.19. The third kappa shape index (κ3) is 3.91. The second-order valence-corrected chi connectivity index (χ2v) is 6.67. The number of carbonyl (C=O) groups is 1. The van der Waals surface area contributed by atoms with Crippen LogP contribution in [-0.2, 0) is 11.3 Å². The number of nitriles is 1. The van der Waals surface area contributed by atoms with Gasteiger partial charge in [0.05, 0.1) is 6.61 Å². The Morgan fingerprint density at radius 3 is 2.83 bits per heavy atom. The van der Waals surface area contributed by atoms with Gasteiger partial charge in [-0.1, -0.05) is 36.4 Å². The van der Waals surface area contributed by atoms with Crippen molar-refractivity contribution in [2.75, 3.05) is 13.4 Å². The van der Waals surface area contributed by atoms with E-state index in [0.29, 0.717) is 29.4 Å². The minimum Gasteiger partial charge on any atom is -0.493 e. The van der Waals surface area contributed by atoms with Crippen LogP contribution in [-0.4, -0.2) is 19.3 Å². The van der Waals surface area contributed by atoms with Crippen molar-refractivity contribution in [3.05, 3.63) is 71.3 Å². The molecule has 150 valence electrons. The first-order valence-corrected chi connectivity index (χ1v) is 9.62. The van der Waals surface area contributed by atoms with Crippen molar-refractivity contribution < 1.29 is 19.0 Å². The molecule has 0 spiro atoms. The molecular formula is C24H20N2O4. The van der Waals surface area contributed by atoms with Gasteiger partial charge < -0.3 is 19.5 Å². The lowest BCUT2D eigenvalue weighted by atomic mass is 10.0. The fraction of sp³-hybridized carbons (Fsp3) is 0.167. The molecule has 3 aromatic rings. The topological polar surface area (TPSA) is 80.6 Å². The van der Waals surface area contributed by atoms with E-state index in [-0.39, 0.29) is 18.9 Å². The molecule has 0 aliphatic carbocycles. The molecule has 4 rings (SSSR count). The van der Waals surface area contributed by atoms with Crippen LogP contribution < -0.4 is 19.5 Å². The molecule has 0 fully saturated rings. The minimum absolute atomic E-state index is 0.00745. The molecule has 1 N–H and O–H groups in total. The summed E-state index contributed by atoms with van der Waals surface area (Å²) in [5.74, 6) is 1.51. The zero-order chi connectivity index (χ0) is 20.9. The summed E-state index contributed by atoms with van der Waals surface area (Å²) in [5, 5.41) is 14.3. The molecule has 6 nitrogen and oxygen atoms in total. The Morgan fingerprint density at radius 1 is 1.17 bits per heavy atom. The van der Waals surface area contributed by atoms with Gasteiger partial charge in [0, 0.05) is 12.1 Å². The molecule has 3 aromatic carbocycles. The molecule has 6 heteroatoms. The minimum atomic E-state index is -0.453. The van der Waals surface area contributed by atoms with E-state index in [2.05, 4.69) is 5.32 Å². The van der Waals surface area contributed by atoms with Gasteiger partial charge in [0.25, 0.3) is 5.91 Å². The lowest BCUT2D eigenvalue weighted by Crippen LogP contribution is -2.24. The largest absolute Gasteiger partial charge is 0.493 e. The van der Waals surface area contributed by atoms with E-state index >= 15 is 0 Å². The molecule has 0 radical (unpaired) electrons. The van der Waals surface area contributed by atoms with Crippen molar-refractivity contribution >= 4 is 22.8 Å². The van der Waals surface area contributed by atoms with Crippen LogP contribution in [0.3, 0.4) is 0 Å². The molecular weight excluding hydrogens is 380 g/mol. The number of benzene rings is 3. The van der Waals surface area contributed by atoms with E-state index in [1.807, 2.05) is 61.5 Å². The van der Waals surface area contributed by atoms with E-state index in [4.69, 9.17) is 14.2 Å². The van der Waals surface area contributed by atoms with Gasteiger partial charge in [0.2, 0.25) is 6.79 Å². The van der Waals surface area contributed by atoms with Gasteiger partial charge in [-0.25, -0.2) is 0 Å². The maximum Gasteiger partial charge on any atom is 0.262 e. The van der Waals surface area contributed by atoms with Gasteiger partial charge in [0.15, 0.2) is 11.5 Å². The number of carbonyl (C=O) groups excluding carboxylic acids is 1. The first-order valence-electron chi connectivity index (χ1n) is 9.62. The van der Waals surface area contributed by atoms with Crippen molar-refractivity contribution in [1.82, 2.24) is 5.32 Å². The van der Waals surface area contributed by atoms with Crippen molar-refractivity contribution in [3.63, 3.8) is 0 Å². The molecule has 0 bridgehead atoms. The van der Waals surface area contributed by atoms with Crippen LogP contribution in [0.15, 0.2) is 60.2 Å². The molecule has 0 unspecified atom stereocenters. The summed E-state index contributed by atoms with van der Waals surface area (Å²) in [4.78, 5) is 12.7. The van der Waals surface area contributed by atoms with Crippen molar-refractivity contribution in [2.24, 2.45) is 0 Å². The third-order valence-electron chi connectivity index (χ3n) is 4.77. The fourth-order valence-corrected chi connectivity index (χ4v) is 3.33. The summed E-state index contributed by atoms with van der Waals surface area (Å²) in [6.07, 6.45) is 1.59. The number of rotatable bonds is 6. The number of nitrogens with one attached hydrogen (secondary N) is 1. The molecule has 0 aromatic heterocycles. The monoisotopic (exact) mass is 400 g/mol. The van der Waals surface area contributed by atoms with Crippen molar-refractivity contribution in [1.29, 1.82) is 5.26 Å². The normalized spacial score (nSPS) is 12.5. The Balaban J connectivity index is 1.59. The molecule has 30 heavy (non-hydrogen) atoms. The van der Waals surface area contributed by atoms with Gasteiger partial charge in [-0.2, -0.15) is 5.26 Å². The first-order chi connectivity index (χ1) is 14.7. The second-order valence-electron chi connectivity index (χ2n) is 6.67. The highest BCUT2D eigenvalue weighted by Gasteiger charge is 2.15. The molecule has 0 saturated carbocycles. The number of fused-ring (bicyclic) bond motifs is 2. The van der Waals surface area contributed by atoms with Crippen LogP contribution in [0.2, 0.25) is 0 Å². The van der Waals surface area contributed by atoms with Crippen molar-refractivity contribution in [2.45, 2.75) is 13.5 Å². The number of hydrogen-bond donors (Lipinski definition) is 1. The highest BCUT2D eigenvalue weighted by molar-refractivity contribution is 6.04. The van der Waals surface area contributed by atoms with E-state index in [9.17, 15) is 10.1 Å². The fourth-order valence-electron chi connectivity index (χ4n) is 3.33. The van der Waals surface area contributed by atoms with E-state index in [1.165, 1.54) is 0 Å². The number of amides is 1. The van der Waals surface area contributed by atoms with Crippen molar-refractivity contribution in [3.8, 4) is 23.3 Å². The Hall–Kier alpha value is -3.98. The van der Waals surface area contributed by atoms with Crippen LogP contribution in [0.1, 0.15) is 18.1 Å². The zero-order valence-corrected chi connectivity index (χ0v) is 16.5. The Morgan fingerprint density at radius 2 is 2.00 bits per heavy atom. The SMILES string of the molecule is CCOc1ccc2ccccc2c1/C=C(\C#N)C(=O)NCc1ccc2c(c1)OCO2. The van der Waals surface area contributed by atoms with Gasteiger partial charge >= 0.3 is 0 Å². The molecule has 1 aliphatic heterocycles. The van der Waals surface area contributed by atoms with E-state index in [1.54, 1.807) is 12.1 Å². The Kier molecular flexibility index (Phi) is 5.53. The summed E-state index contributed by atoms with van der Waals surface area (Å²) in [5.41, 5.74) is 1.57. The van der Waals surface area contributed by atoms with Gasteiger partial charge in [-0.05, 0) is 47.5 Å². The molecule has 1 heterocycles. The lowest BCUT2D eigenvalue weighted by molar-refractivity contribution is -0.117. The van der Waals surface area contributed by atoms with Gasteiger partial charge in [-0.3, -0.25) is 4.79 Å². The smallest absolute Gasteiger partial charge is 0.262 e.